The molecule has 0 saturated heterocycles. The number of carbonyl (C=O) groups excluding carboxylic acids is 1. The molecule has 1 N–H and O–H groups in total. The number of carbonyl (C=O) groups is 2. The van der Waals surface area contributed by atoms with Crippen molar-refractivity contribution in [3.8, 4) is 0 Å². The van der Waals surface area contributed by atoms with Gasteiger partial charge in [0.1, 0.15) is 0 Å². The number of rotatable bonds is 4. The average molecular weight is 214 g/mol. The van der Waals surface area contributed by atoms with Crippen LogP contribution in [0.25, 0.3) is 0 Å². The van der Waals surface area contributed by atoms with Crippen LogP contribution in [0.3, 0.4) is 0 Å². The van der Waals surface area contributed by atoms with E-state index in [2.05, 4.69) is 0 Å². The molecule has 86 valence electrons. The maximum Gasteiger partial charge on any atom is 0.320 e. The number of hydrogen-bond acceptors (Lipinski definition) is 3. The molecular weight excluding hydrogens is 196 g/mol. The minimum atomic E-state index is -1.04. The quantitative estimate of drug-likeness (QED) is 0.572. The highest BCUT2D eigenvalue weighted by Crippen LogP contribution is 2.30. The van der Waals surface area contributed by atoms with Crippen LogP contribution in [0.1, 0.15) is 39.0 Å². The van der Waals surface area contributed by atoms with Gasteiger partial charge in [0, 0.05) is 0 Å². The summed E-state index contributed by atoms with van der Waals surface area (Å²) in [7, 11) is 0. The lowest BCUT2D eigenvalue weighted by molar-refractivity contribution is -0.161. The molecule has 0 aliphatic heterocycles. The second-order valence-electron chi connectivity index (χ2n) is 3.97. The lowest BCUT2D eigenvalue weighted by Gasteiger charge is -2.25. The molecule has 0 aromatic rings. The molecule has 1 aliphatic carbocycles. The van der Waals surface area contributed by atoms with Gasteiger partial charge in [0.2, 0.25) is 0 Å². The van der Waals surface area contributed by atoms with Crippen molar-refractivity contribution in [1.29, 1.82) is 0 Å². The maximum absolute atomic E-state index is 11.5. The molecule has 0 heterocycles. The highest BCUT2D eigenvalue weighted by Gasteiger charge is 2.36. The summed E-state index contributed by atoms with van der Waals surface area (Å²) in [6.07, 6.45) is 4.85. The molecule has 1 rings (SSSR count). The third kappa shape index (κ3) is 3.22. The Bertz CT molecular complexity index is 231. The van der Waals surface area contributed by atoms with Gasteiger partial charge in [-0.15, -0.1) is 0 Å². The van der Waals surface area contributed by atoms with Crippen LogP contribution in [0.4, 0.5) is 0 Å². The molecule has 0 aromatic heterocycles. The lowest BCUT2D eigenvalue weighted by atomic mass is 9.80. The van der Waals surface area contributed by atoms with E-state index < -0.39 is 17.9 Å². The van der Waals surface area contributed by atoms with Gasteiger partial charge in [-0.1, -0.05) is 19.3 Å². The van der Waals surface area contributed by atoms with Gasteiger partial charge in [-0.3, -0.25) is 9.59 Å². The third-order valence-electron chi connectivity index (χ3n) is 2.93. The van der Waals surface area contributed by atoms with E-state index in [1.165, 1.54) is 0 Å². The van der Waals surface area contributed by atoms with E-state index >= 15 is 0 Å². The molecule has 4 nitrogen and oxygen atoms in total. The number of carboxylic acids is 1. The average Bonchev–Trinajstić information content (AvgIpc) is 2.19. The van der Waals surface area contributed by atoms with Crippen molar-refractivity contribution in [3.05, 3.63) is 0 Å². The Kier molecular flexibility index (Phi) is 4.59. The van der Waals surface area contributed by atoms with Crippen molar-refractivity contribution in [2.75, 3.05) is 6.61 Å². The van der Waals surface area contributed by atoms with Crippen molar-refractivity contribution in [2.24, 2.45) is 11.8 Å². The van der Waals surface area contributed by atoms with Crippen molar-refractivity contribution >= 4 is 11.9 Å². The van der Waals surface area contributed by atoms with Gasteiger partial charge in [-0.2, -0.15) is 0 Å². The first kappa shape index (κ1) is 12.0. The molecule has 1 atom stereocenters. The van der Waals surface area contributed by atoms with Crippen LogP contribution < -0.4 is 0 Å². The molecule has 0 unspecified atom stereocenters. The number of hydrogen-bond donors (Lipinski definition) is 1. The van der Waals surface area contributed by atoms with Gasteiger partial charge in [0.15, 0.2) is 5.92 Å². The Balaban J connectivity index is 2.63. The predicted octanol–water partition coefficient (Wildman–Crippen LogP) is 1.83. The van der Waals surface area contributed by atoms with Crippen LogP contribution >= 0.6 is 0 Å². The summed E-state index contributed by atoms with van der Waals surface area (Å²) in [5, 5.41) is 9.02. The Morgan fingerprint density at radius 1 is 1.33 bits per heavy atom. The summed E-state index contributed by atoms with van der Waals surface area (Å²) >= 11 is 0. The Hall–Kier alpha value is -1.06. The van der Waals surface area contributed by atoms with Crippen molar-refractivity contribution in [3.63, 3.8) is 0 Å². The van der Waals surface area contributed by atoms with E-state index in [-0.39, 0.29) is 12.5 Å². The molecule has 0 radical (unpaired) electrons. The van der Waals surface area contributed by atoms with E-state index in [9.17, 15) is 9.59 Å². The van der Waals surface area contributed by atoms with E-state index in [0.717, 1.165) is 32.1 Å². The predicted molar refractivity (Wildman–Crippen MR) is 54.3 cm³/mol. The second kappa shape index (κ2) is 5.73. The van der Waals surface area contributed by atoms with Crippen LogP contribution in [0, 0.1) is 11.8 Å². The zero-order valence-corrected chi connectivity index (χ0v) is 9.07. The van der Waals surface area contributed by atoms with E-state index in [0.29, 0.717) is 0 Å². The highest BCUT2D eigenvalue weighted by atomic mass is 16.5. The SMILES string of the molecule is CCOC(=O)[C@@H](C(=O)O)C1CCCCC1. The van der Waals surface area contributed by atoms with Gasteiger partial charge in [-0.25, -0.2) is 0 Å². The molecule has 4 heteroatoms. The van der Waals surface area contributed by atoms with E-state index in [1.807, 2.05) is 0 Å². The number of carboxylic acid groups (broad SMARTS) is 1. The summed E-state index contributed by atoms with van der Waals surface area (Å²) in [5.41, 5.74) is 0. The normalized spacial score (nSPS) is 19.5. The first-order valence-corrected chi connectivity index (χ1v) is 5.56. The summed E-state index contributed by atoms with van der Waals surface area (Å²) < 4.78 is 4.80. The van der Waals surface area contributed by atoms with Crippen molar-refractivity contribution in [1.82, 2.24) is 0 Å². The first-order valence-electron chi connectivity index (χ1n) is 5.56. The fourth-order valence-corrected chi connectivity index (χ4v) is 2.19. The molecule has 0 spiro atoms. The standard InChI is InChI=1S/C11H18O4/c1-2-15-11(14)9(10(12)13)8-6-4-3-5-7-8/h8-9H,2-7H2,1H3,(H,12,13)/t9-/m1/s1. The van der Waals surface area contributed by atoms with Gasteiger partial charge < -0.3 is 9.84 Å². The van der Waals surface area contributed by atoms with Gasteiger partial charge in [-0.05, 0) is 25.7 Å². The van der Waals surface area contributed by atoms with Gasteiger partial charge in [0.25, 0.3) is 0 Å². The minimum Gasteiger partial charge on any atom is -0.481 e. The number of esters is 1. The molecular formula is C11H18O4. The topological polar surface area (TPSA) is 63.6 Å². The monoisotopic (exact) mass is 214 g/mol. The molecule has 0 amide bonds. The minimum absolute atomic E-state index is 0.0321. The van der Waals surface area contributed by atoms with E-state index in [1.54, 1.807) is 6.92 Å². The summed E-state index contributed by atoms with van der Waals surface area (Å²) in [4.78, 5) is 22.5. The largest absolute Gasteiger partial charge is 0.481 e. The Morgan fingerprint density at radius 3 is 2.40 bits per heavy atom. The van der Waals surface area contributed by atoms with Gasteiger partial charge in [0.05, 0.1) is 6.61 Å². The molecule has 0 aromatic carbocycles. The fraction of sp³-hybridized carbons (Fsp3) is 0.818. The fourth-order valence-electron chi connectivity index (χ4n) is 2.19. The van der Waals surface area contributed by atoms with Crippen molar-refractivity contribution in [2.45, 2.75) is 39.0 Å². The maximum atomic E-state index is 11.5. The summed E-state index contributed by atoms with van der Waals surface area (Å²) in [5.74, 6) is -2.60. The Labute approximate surface area is 89.6 Å². The highest BCUT2D eigenvalue weighted by molar-refractivity contribution is 5.94. The molecule has 1 fully saturated rings. The summed E-state index contributed by atoms with van der Waals surface area (Å²) in [6, 6.07) is 0. The molecule has 1 saturated carbocycles. The zero-order chi connectivity index (χ0) is 11.3. The van der Waals surface area contributed by atoms with Crippen LogP contribution in [-0.4, -0.2) is 23.7 Å². The smallest absolute Gasteiger partial charge is 0.320 e. The van der Waals surface area contributed by atoms with Crippen LogP contribution in [0.2, 0.25) is 0 Å². The van der Waals surface area contributed by atoms with Crippen LogP contribution in [0.15, 0.2) is 0 Å². The third-order valence-corrected chi connectivity index (χ3v) is 2.93. The van der Waals surface area contributed by atoms with Crippen LogP contribution in [-0.2, 0) is 14.3 Å². The zero-order valence-electron chi connectivity index (χ0n) is 9.07. The van der Waals surface area contributed by atoms with E-state index in [4.69, 9.17) is 9.84 Å². The summed E-state index contributed by atoms with van der Waals surface area (Å²) in [6.45, 7) is 1.94. The van der Waals surface area contributed by atoms with Crippen LogP contribution in [0.5, 0.6) is 0 Å². The molecule has 1 aliphatic rings. The lowest BCUT2D eigenvalue weighted by Crippen LogP contribution is -2.34. The second-order valence-corrected chi connectivity index (χ2v) is 3.97. The van der Waals surface area contributed by atoms with Crippen molar-refractivity contribution < 1.29 is 19.4 Å². The number of ether oxygens (including phenoxy) is 1. The first-order chi connectivity index (χ1) is 7.16. The molecule has 15 heavy (non-hydrogen) atoms. The molecule has 0 bridgehead atoms. The number of aliphatic carboxylic acids is 1. The van der Waals surface area contributed by atoms with Gasteiger partial charge >= 0.3 is 11.9 Å². The Morgan fingerprint density at radius 2 is 1.93 bits per heavy atom.